The van der Waals surface area contributed by atoms with E-state index in [9.17, 15) is 14.7 Å². The third-order valence-electron chi connectivity index (χ3n) is 5.16. The molecule has 0 fully saturated rings. The summed E-state index contributed by atoms with van der Waals surface area (Å²) in [5.74, 6) is -0.557. The standard InChI is InChI=1S/C23H25N3O4/c1-14-7-5-6-8-18(14)22(27)24-17-9-10-21(20(13-17)23(28)29)26(4)12-11-19-15(2)25-30-16(19)3/h5-10,13H,11-12H2,1-4H3,(H,24,27)(H,28,29). The molecule has 0 aliphatic rings. The van der Waals surface area contributed by atoms with Gasteiger partial charge >= 0.3 is 5.97 Å². The molecule has 0 unspecified atom stereocenters. The first kappa shape index (κ1) is 21.1. The van der Waals surface area contributed by atoms with E-state index in [4.69, 9.17) is 4.52 Å². The Morgan fingerprint density at radius 3 is 2.47 bits per heavy atom. The van der Waals surface area contributed by atoms with Crippen LogP contribution in [0.1, 0.15) is 43.3 Å². The number of carbonyl (C=O) groups excluding carboxylic acids is 1. The number of nitrogens with one attached hydrogen (secondary N) is 1. The second-order valence-electron chi connectivity index (χ2n) is 7.28. The molecule has 0 saturated carbocycles. The van der Waals surface area contributed by atoms with E-state index < -0.39 is 5.97 Å². The third-order valence-corrected chi connectivity index (χ3v) is 5.16. The minimum atomic E-state index is -1.05. The van der Waals surface area contributed by atoms with Crippen molar-refractivity contribution in [2.24, 2.45) is 0 Å². The minimum Gasteiger partial charge on any atom is -0.478 e. The quantitative estimate of drug-likeness (QED) is 0.609. The van der Waals surface area contributed by atoms with Crippen molar-refractivity contribution in [1.29, 1.82) is 0 Å². The van der Waals surface area contributed by atoms with E-state index >= 15 is 0 Å². The Bertz CT molecular complexity index is 1070. The lowest BCUT2D eigenvalue weighted by Gasteiger charge is -2.22. The van der Waals surface area contributed by atoms with Gasteiger partial charge in [-0.2, -0.15) is 0 Å². The van der Waals surface area contributed by atoms with Crippen LogP contribution >= 0.6 is 0 Å². The summed E-state index contributed by atoms with van der Waals surface area (Å²) >= 11 is 0. The topological polar surface area (TPSA) is 95.7 Å². The van der Waals surface area contributed by atoms with Gasteiger partial charge in [0.05, 0.1) is 16.9 Å². The molecule has 0 aliphatic heterocycles. The van der Waals surface area contributed by atoms with Crippen LogP contribution in [0, 0.1) is 20.8 Å². The van der Waals surface area contributed by atoms with Gasteiger partial charge in [0.25, 0.3) is 5.91 Å². The van der Waals surface area contributed by atoms with Gasteiger partial charge in [-0.05, 0) is 57.0 Å². The van der Waals surface area contributed by atoms with E-state index in [0.717, 1.165) is 22.6 Å². The minimum absolute atomic E-state index is 0.124. The zero-order chi connectivity index (χ0) is 21.8. The van der Waals surface area contributed by atoms with Crippen molar-refractivity contribution >= 4 is 23.3 Å². The summed E-state index contributed by atoms with van der Waals surface area (Å²) in [6, 6.07) is 12.2. The van der Waals surface area contributed by atoms with E-state index in [-0.39, 0.29) is 11.5 Å². The zero-order valence-corrected chi connectivity index (χ0v) is 17.5. The molecule has 0 spiro atoms. The van der Waals surface area contributed by atoms with Gasteiger partial charge in [0.1, 0.15) is 5.76 Å². The first-order chi connectivity index (χ1) is 14.3. The number of hydrogen-bond acceptors (Lipinski definition) is 5. The highest BCUT2D eigenvalue weighted by atomic mass is 16.5. The SMILES string of the molecule is Cc1ccccc1C(=O)Nc1ccc(N(C)CCc2c(C)noc2C)c(C(=O)O)c1. The van der Waals surface area contributed by atoms with Crippen LogP contribution in [0.3, 0.4) is 0 Å². The summed E-state index contributed by atoms with van der Waals surface area (Å²) in [4.78, 5) is 26.3. The summed E-state index contributed by atoms with van der Waals surface area (Å²) in [6.45, 7) is 6.21. The van der Waals surface area contributed by atoms with Crippen LogP contribution in [0.2, 0.25) is 0 Å². The normalized spacial score (nSPS) is 10.7. The van der Waals surface area contributed by atoms with Crippen molar-refractivity contribution in [3.05, 3.63) is 76.2 Å². The number of anilines is 2. The summed E-state index contributed by atoms with van der Waals surface area (Å²) in [5, 5.41) is 16.5. The fourth-order valence-electron chi connectivity index (χ4n) is 3.40. The molecule has 0 bridgehead atoms. The van der Waals surface area contributed by atoms with Crippen LogP contribution in [0.25, 0.3) is 0 Å². The van der Waals surface area contributed by atoms with Gasteiger partial charge in [-0.1, -0.05) is 23.4 Å². The molecule has 0 radical (unpaired) electrons. The molecule has 1 amide bonds. The van der Waals surface area contributed by atoms with Gasteiger partial charge in [-0.15, -0.1) is 0 Å². The number of aryl methyl sites for hydroxylation is 3. The van der Waals surface area contributed by atoms with Crippen LogP contribution in [-0.2, 0) is 6.42 Å². The van der Waals surface area contributed by atoms with E-state index in [1.807, 2.05) is 44.9 Å². The predicted molar refractivity (Wildman–Crippen MR) is 115 cm³/mol. The number of aromatic nitrogens is 1. The lowest BCUT2D eigenvalue weighted by molar-refractivity contribution is 0.0697. The number of carboxylic acids is 1. The lowest BCUT2D eigenvalue weighted by Crippen LogP contribution is -2.23. The molecule has 156 valence electrons. The van der Waals surface area contributed by atoms with Crippen LogP contribution in [0.15, 0.2) is 47.0 Å². The van der Waals surface area contributed by atoms with E-state index in [1.165, 1.54) is 6.07 Å². The summed E-state index contributed by atoms with van der Waals surface area (Å²) in [6.07, 6.45) is 0.683. The molecule has 30 heavy (non-hydrogen) atoms. The fourth-order valence-corrected chi connectivity index (χ4v) is 3.40. The molecule has 0 saturated heterocycles. The van der Waals surface area contributed by atoms with Crippen LogP contribution < -0.4 is 10.2 Å². The Morgan fingerprint density at radius 1 is 1.10 bits per heavy atom. The Hall–Kier alpha value is -3.61. The molecule has 2 N–H and O–H groups in total. The summed E-state index contributed by atoms with van der Waals surface area (Å²) < 4.78 is 5.19. The molecule has 1 aromatic heterocycles. The maximum Gasteiger partial charge on any atom is 0.337 e. The van der Waals surface area contributed by atoms with E-state index in [1.54, 1.807) is 24.3 Å². The van der Waals surface area contributed by atoms with Crippen LogP contribution in [-0.4, -0.2) is 35.7 Å². The molecule has 2 aromatic carbocycles. The summed E-state index contributed by atoms with van der Waals surface area (Å²) in [7, 11) is 1.84. The molecule has 0 atom stereocenters. The number of hydrogen-bond donors (Lipinski definition) is 2. The third kappa shape index (κ3) is 4.51. The number of carboxylic acid groups (broad SMARTS) is 1. The highest BCUT2D eigenvalue weighted by Gasteiger charge is 2.17. The smallest absolute Gasteiger partial charge is 0.337 e. The van der Waals surface area contributed by atoms with Crippen molar-refractivity contribution in [3.8, 4) is 0 Å². The maximum atomic E-state index is 12.5. The highest BCUT2D eigenvalue weighted by molar-refractivity contribution is 6.06. The number of carbonyl (C=O) groups is 2. The van der Waals surface area contributed by atoms with Crippen molar-refractivity contribution in [2.75, 3.05) is 23.8 Å². The van der Waals surface area contributed by atoms with Gasteiger partial charge in [0, 0.05) is 30.4 Å². The van der Waals surface area contributed by atoms with Crippen molar-refractivity contribution in [1.82, 2.24) is 5.16 Å². The maximum absolute atomic E-state index is 12.5. The average molecular weight is 407 g/mol. The Balaban J connectivity index is 1.78. The Labute approximate surface area is 175 Å². The average Bonchev–Trinajstić information content (AvgIpc) is 3.03. The lowest BCUT2D eigenvalue weighted by atomic mass is 10.1. The van der Waals surface area contributed by atoms with Gasteiger partial charge in [0.15, 0.2) is 0 Å². The van der Waals surface area contributed by atoms with Crippen LogP contribution in [0.5, 0.6) is 0 Å². The molecule has 1 heterocycles. The van der Waals surface area contributed by atoms with Crippen molar-refractivity contribution < 1.29 is 19.2 Å². The second kappa shape index (κ2) is 8.82. The first-order valence-corrected chi connectivity index (χ1v) is 9.65. The Kier molecular flexibility index (Phi) is 6.20. The van der Waals surface area contributed by atoms with Crippen molar-refractivity contribution in [3.63, 3.8) is 0 Å². The zero-order valence-electron chi connectivity index (χ0n) is 17.5. The van der Waals surface area contributed by atoms with Gasteiger partial charge < -0.3 is 19.8 Å². The summed E-state index contributed by atoms with van der Waals surface area (Å²) in [5.41, 5.74) is 4.40. The Morgan fingerprint density at radius 2 is 1.83 bits per heavy atom. The largest absolute Gasteiger partial charge is 0.478 e. The fraction of sp³-hybridized carbons (Fsp3) is 0.261. The number of amides is 1. The van der Waals surface area contributed by atoms with Crippen molar-refractivity contribution in [2.45, 2.75) is 27.2 Å². The highest BCUT2D eigenvalue weighted by Crippen LogP contribution is 2.25. The monoisotopic (exact) mass is 407 g/mol. The molecule has 3 rings (SSSR count). The predicted octanol–water partition coefficient (Wildman–Crippen LogP) is 4.23. The molecular formula is C23H25N3O4. The molecule has 7 nitrogen and oxygen atoms in total. The number of nitrogens with zero attached hydrogens (tertiary/aromatic N) is 2. The second-order valence-corrected chi connectivity index (χ2v) is 7.28. The first-order valence-electron chi connectivity index (χ1n) is 9.65. The molecule has 3 aromatic rings. The molecule has 0 aliphatic carbocycles. The number of likely N-dealkylation sites (N-methyl/N-ethyl adjacent to an activating group) is 1. The molecular weight excluding hydrogens is 382 g/mol. The van der Waals surface area contributed by atoms with Gasteiger partial charge in [-0.3, -0.25) is 4.79 Å². The molecule has 7 heteroatoms. The number of benzene rings is 2. The number of aromatic carboxylic acids is 1. The number of rotatable bonds is 7. The van der Waals surface area contributed by atoms with E-state index in [0.29, 0.717) is 29.9 Å². The van der Waals surface area contributed by atoms with Gasteiger partial charge in [0.2, 0.25) is 0 Å². The van der Waals surface area contributed by atoms with Gasteiger partial charge in [-0.25, -0.2) is 4.79 Å². The van der Waals surface area contributed by atoms with E-state index in [2.05, 4.69) is 10.5 Å². The van der Waals surface area contributed by atoms with Crippen LogP contribution in [0.4, 0.5) is 11.4 Å².